The van der Waals surface area contributed by atoms with Gasteiger partial charge in [-0.25, -0.2) is 5.43 Å². The van der Waals surface area contributed by atoms with Crippen LogP contribution in [-0.4, -0.2) is 60.6 Å². The Morgan fingerprint density at radius 3 is 2.12 bits per heavy atom. The van der Waals surface area contributed by atoms with Crippen LogP contribution in [0.4, 0.5) is 0 Å². The number of carbonyl (C=O) groups is 2. The highest BCUT2D eigenvalue weighted by Crippen LogP contribution is 2.13. The van der Waals surface area contributed by atoms with Crippen molar-refractivity contribution in [2.75, 3.05) is 32.8 Å². The van der Waals surface area contributed by atoms with Gasteiger partial charge >= 0.3 is 0 Å². The van der Waals surface area contributed by atoms with Crippen LogP contribution < -0.4 is 15.5 Å². The third-order valence-corrected chi connectivity index (χ3v) is 7.01. The van der Waals surface area contributed by atoms with Crippen molar-refractivity contribution in [3.8, 4) is 5.75 Å². The molecule has 1 aliphatic rings. The van der Waals surface area contributed by atoms with Crippen LogP contribution in [0, 0.1) is 0 Å². The van der Waals surface area contributed by atoms with E-state index in [1.165, 1.54) is 11.1 Å². The number of amides is 2. The van der Waals surface area contributed by atoms with E-state index in [-0.39, 0.29) is 18.4 Å². The fourth-order valence-corrected chi connectivity index (χ4v) is 4.65. The highest BCUT2D eigenvalue weighted by atomic mass is 16.5. The van der Waals surface area contributed by atoms with Crippen molar-refractivity contribution in [2.24, 2.45) is 5.10 Å². The summed E-state index contributed by atoms with van der Waals surface area (Å²) in [6, 6.07) is 28.9. The molecule has 2 N–H and O–H groups in total. The summed E-state index contributed by atoms with van der Waals surface area (Å²) in [5.74, 6) is 0.715. The van der Waals surface area contributed by atoms with Crippen LogP contribution >= 0.6 is 0 Å². The van der Waals surface area contributed by atoms with Gasteiger partial charge in [0.1, 0.15) is 11.5 Å². The number of hydrazone groups is 1. The lowest BCUT2D eigenvalue weighted by Gasteiger charge is -2.34. The number of nitrogens with one attached hydrogen (secondary N) is 2. The average Bonchev–Trinajstić information content (AvgIpc) is 3.55. The predicted octanol–water partition coefficient (Wildman–Crippen LogP) is 4.06. The van der Waals surface area contributed by atoms with Crippen LogP contribution in [0.15, 0.2) is 107 Å². The molecule has 0 aliphatic carbocycles. The van der Waals surface area contributed by atoms with E-state index in [1.807, 2.05) is 24.3 Å². The Kier molecular flexibility index (Phi) is 10.1. The molecule has 0 atom stereocenters. The van der Waals surface area contributed by atoms with Gasteiger partial charge in [0.15, 0.2) is 6.61 Å². The molecule has 4 aromatic rings. The fraction of sp³-hybridized carbons (Fsp3) is 0.242. The molecule has 0 spiro atoms. The predicted molar refractivity (Wildman–Crippen MR) is 161 cm³/mol. The minimum atomic E-state index is -0.271. The minimum Gasteiger partial charge on any atom is -0.484 e. The van der Waals surface area contributed by atoms with E-state index in [0.29, 0.717) is 23.6 Å². The molecule has 42 heavy (non-hydrogen) atoms. The van der Waals surface area contributed by atoms with Gasteiger partial charge in [-0.1, -0.05) is 42.5 Å². The summed E-state index contributed by atoms with van der Waals surface area (Å²) in [6.45, 7) is 6.23. The summed E-state index contributed by atoms with van der Waals surface area (Å²) in [4.78, 5) is 29.4. The van der Waals surface area contributed by atoms with Crippen LogP contribution in [0.2, 0.25) is 0 Å². The summed E-state index contributed by atoms with van der Waals surface area (Å²) in [5, 5.41) is 6.80. The van der Waals surface area contributed by atoms with Gasteiger partial charge in [-0.3, -0.25) is 19.4 Å². The number of nitrogens with zero attached hydrogens (tertiary/aromatic N) is 3. The molecule has 3 aromatic carbocycles. The van der Waals surface area contributed by atoms with Gasteiger partial charge in [0.05, 0.1) is 19.0 Å². The zero-order valence-electron chi connectivity index (χ0n) is 23.4. The topological polar surface area (TPSA) is 99.4 Å². The minimum absolute atomic E-state index is 0.103. The maximum absolute atomic E-state index is 12.5. The van der Waals surface area contributed by atoms with Gasteiger partial charge in [-0.15, -0.1) is 0 Å². The number of rotatable bonds is 12. The summed E-state index contributed by atoms with van der Waals surface area (Å²) in [7, 11) is 0. The lowest BCUT2D eigenvalue weighted by molar-refractivity contribution is -0.123. The standard InChI is InChI=1S/C33H35N5O4/c39-32(34-22-31-7-4-20-41-31)25-42-30-14-10-26(11-15-30)21-35-36-33(40)29-12-8-28(9-13-29)24-38-18-16-37(17-19-38)23-27-5-2-1-3-6-27/h1-15,20-21H,16-19,22-25H2,(H,34,39)(H,36,40)/b35-21-. The van der Waals surface area contributed by atoms with E-state index in [9.17, 15) is 9.59 Å². The lowest BCUT2D eigenvalue weighted by Crippen LogP contribution is -2.45. The smallest absolute Gasteiger partial charge is 0.271 e. The molecular formula is C33H35N5O4. The largest absolute Gasteiger partial charge is 0.484 e. The Balaban J connectivity index is 0.999. The lowest BCUT2D eigenvalue weighted by atomic mass is 10.1. The van der Waals surface area contributed by atoms with Crippen molar-refractivity contribution < 1.29 is 18.7 Å². The van der Waals surface area contributed by atoms with Crippen molar-refractivity contribution in [3.05, 3.63) is 125 Å². The molecule has 216 valence electrons. The second-order valence-electron chi connectivity index (χ2n) is 10.1. The molecule has 0 bridgehead atoms. The second kappa shape index (κ2) is 14.8. The molecule has 2 amide bonds. The molecule has 1 fully saturated rings. The van der Waals surface area contributed by atoms with Crippen molar-refractivity contribution in [1.82, 2.24) is 20.5 Å². The third-order valence-electron chi connectivity index (χ3n) is 7.01. The molecule has 1 aliphatic heterocycles. The first-order chi connectivity index (χ1) is 20.6. The van der Waals surface area contributed by atoms with Crippen molar-refractivity contribution in [3.63, 3.8) is 0 Å². The Labute approximate surface area is 245 Å². The summed E-state index contributed by atoms with van der Waals surface area (Å²) in [5.41, 5.74) is 6.45. The second-order valence-corrected chi connectivity index (χ2v) is 10.1. The highest BCUT2D eigenvalue weighted by molar-refractivity contribution is 5.94. The van der Waals surface area contributed by atoms with Gasteiger partial charge in [0, 0.05) is 44.8 Å². The summed E-state index contributed by atoms with van der Waals surface area (Å²) >= 11 is 0. The number of ether oxygens (including phenoxy) is 1. The Hall–Kier alpha value is -4.73. The number of piperazine rings is 1. The van der Waals surface area contributed by atoms with Gasteiger partial charge in [-0.05, 0) is 65.2 Å². The van der Waals surface area contributed by atoms with Crippen molar-refractivity contribution in [2.45, 2.75) is 19.6 Å². The monoisotopic (exact) mass is 565 g/mol. The summed E-state index contributed by atoms with van der Waals surface area (Å²) in [6.07, 6.45) is 3.12. The first-order valence-electron chi connectivity index (χ1n) is 14.0. The van der Waals surface area contributed by atoms with E-state index < -0.39 is 0 Å². The number of hydrogen-bond donors (Lipinski definition) is 2. The van der Waals surface area contributed by atoms with Crippen LogP contribution in [-0.2, 0) is 24.4 Å². The first-order valence-corrected chi connectivity index (χ1v) is 14.0. The molecule has 0 saturated carbocycles. The molecule has 1 saturated heterocycles. The number of benzene rings is 3. The zero-order chi connectivity index (χ0) is 29.0. The molecule has 1 aromatic heterocycles. The highest BCUT2D eigenvalue weighted by Gasteiger charge is 2.17. The Bertz CT molecular complexity index is 1430. The molecule has 2 heterocycles. The third kappa shape index (κ3) is 8.89. The molecule has 5 rings (SSSR count). The van der Waals surface area contributed by atoms with Gasteiger partial charge in [-0.2, -0.15) is 5.10 Å². The van der Waals surface area contributed by atoms with Gasteiger partial charge in [0.25, 0.3) is 11.8 Å². The molecule has 0 unspecified atom stereocenters. The van der Waals surface area contributed by atoms with E-state index >= 15 is 0 Å². The van der Waals surface area contributed by atoms with Crippen LogP contribution in [0.5, 0.6) is 5.75 Å². The fourth-order valence-electron chi connectivity index (χ4n) is 4.65. The molecule has 0 radical (unpaired) electrons. The van der Waals surface area contributed by atoms with E-state index in [0.717, 1.165) is 44.8 Å². The van der Waals surface area contributed by atoms with E-state index in [4.69, 9.17) is 9.15 Å². The number of hydrogen-bond acceptors (Lipinski definition) is 7. The summed E-state index contributed by atoms with van der Waals surface area (Å²) < 4.78 is 10.7. The first kappa shape index (κ1) is 28.8. The van der Waals surface area contributed by atoms with Crippen LogP contribution in [0.25, 0.3) is 0 Å². The van der Waals surface area contributed by atoms with Crippen LogP contribution in [0.3, 0.4) is 0 Å². The SMILES string of the molecule is O=C(COc1ccc(/C=N\NC(=O)c2ccc(CN3CCN(Cc4ccccc4)CC3)cc2)cc1)NCc1ccco1. The maximum Gasteiger partial charge on any atom is 0.271 e. The van der Waals surface area contributed by atoms with Gasteiger partial charge in [0.2, 0.25) is 0 Å². The Morgan fingerprint density at radius 1 is 0.810 bits per heavy atom. The maximum atomic E-state index is 12.5. The quantitative estimate of drug-likeness (QED) is 0.199. The van der Waals surface area contributed by atoms with Crippen LogP contribution in [0.1, 0.15) is 32.8 Å². The zero-order valence-corrected chi connectivity index (χ0v) is 23.4. The molecule has 9 nitrogen and oxygen atoms in total. The normalized spacial score (nSPS) is 14.1. The molecular weight excluding hydrogens is 530 g/mol. The number of furan rings is 1. The van der Waals surface area contributed by atoms with E-state index in [2.05, 4.69) is 56.0 Å². The average molecular weight is 566 g/mol. The number of carbonyl (C=O) groups excluding carboxylic acids is 2. The molecule has 9 heteroatoms. The van der Waals surface area contributed by atoms with E-state index in [1.54, 1.807) is 48.9 Å². The van der Waals surface area contributed by atoms with Gasteiger partial charge < -0.3 is 14.5 Å². The Morgan fingerprint density at radius 2 is 1.48 bits per heavy atom. The van der Waals surface area contributed by atoms with Crippen molar-refractivity contribution in [1.29, 1.82) is 0 Å². The van der Waals surface area contributed by atoms with Crippen molar-refractivity contribution >= 4 is 18.0 Å².